The molecule has 0 fully saturated rings. The molecule has 0 saturated heterocycles. The maximum Gasteiger partial charge on any atom is 0.0709 e. The second-order valence-electron chi connectivity index (χ2n) is 3.58. The van der Waals surface area contributed by atoms with Crippen molar-refractivity contribution in [3.63, 3.8) is 0 Å². The molecule has 1 unspecified atom stereocenters. The van der Waals surface area contributed by atoms with Crippen LogP contribution in [0.4, 0.5) is 0 Å². The first kappa shape index (κ1) is 9.92. The third-order valence-electron chi connectivity index (χ3n) is 2.59. The van der Waals surface area contributed by atoms with Crippen LogP contribution in [0.25, 0.3) is 0 Å². The van der Waals surface area contributed by atoms with Gasteiger partial charge in [0.15, 0.2) is 0 Å². The van der Waals surface area contributed by atoms with E-state index in [4.69, 9.17) is 5.90 Å². The molecule has 0 heterocycles. The molecule has 2 heteroatoms. The van der Waals surface area contributed by atoms with Crippen LogP contribution >= 0.6 is 0 Å². The smallest absolute Gasteiger partial charge is 0.0709 e. The topological polar surface area (TPSA) is 35.2 Å². The molecule has 0 spiro atoms. The van der Waals surface area contributed by atoms with Crippen molar-refractivity contribution < 1.29 is 4.84 Å². The Bertz CT molecular complexity index is 91.3. The summed E-state index contributed by atoms with van der Waals surface area (Å²) in [5.41, 5.74) is 0.347. The first-order valence-corrected chi connectivity index (χ1v) is 3.86. The van der Waals surface area contributed by atoms with Gasteiger partial charge in [-0.2, -0.15) is 0 Å². The molecule has 1 atom stereocenters. The zero-order chi connectivity index (χ0) is 8.20. The van der Waals surface area contributed by atoms with Crippen LogP contribution in [0, 0.1) is 11.3 Å². The van der Waals surface area contributed by atoms with Crippen molar-refractivity contribution in [3.05, 3.63) is 0 Å². The van der Waals surface area contributed by atoms with Crippen molar-refractivity contribution >= 4 is 0 Å². The van der Waals surface area contributed by atoms with E-state index in [1.807, 2.05) is 0 Å². The molecule has 2 N–H and O–H groups in total. The average Bonchev–Trinajstić information content (AvgIpc) is 1.89. The zero-order valence-corrected chi connectivity index (χ0v) is 7.48. The van der Waals surface area contributed by atoms with Crippen LogP contribution in [0.2, 0.25) is 0 Å². The number of hydrogen-bond acceptors (Lipinski definition) is 2. The van der Waals surface area contributed by atoms with Gasteiger partial charge in [0.2, 0.25) is 0 Å². The molecular weight excluding hydrogens is 126 g/mol. The lowest BCUT2D eigenvalue weighted by atomic mass is 9.78. The van der Waals surface area contributed by atoms with Crippen LogP contribution in [0.15, 0.2) is 0 Å². The van der Waals surface area contributed by atoms with E-state index in [0.717, 1.165) is 6.42 Å². The van der Waals surface area contributed by atoms with Gasteiger partial charge in [0.25, 0.3) is 0 Å². The molecule has 0 aromatic heterocycles. The van der Waals surface area contributed by atoms with Crippen molar-refractivity contribution in [3.8, 4) is 0 Å². The van der Waals surface area contributed by atoms with E-state index in [1.54, 1.807) is 0 Å². The second kappa shape index (κ2) is 3.94. The molecule has 0 aromatic carbocycles. The summed E-state index contributed by atoms with van der Waals surface area (Å²) in [6, 6.07) is 0. The second-order valence-corrected chi connectivity index (χ2v) is 3.58. The van der Waals surface area contributed by atoms with Crippen molar-refractivity contribution in [2.45, 2.75) is 34.1 Å². The molecule has 0 saturated carbocycles. The van der Waals surface area contributed by atoms with Crippen LogP contribution in [-0.2, 0) is 4.84 Å². The SMILES string of the molecule is CCC(C)(C)C(C)CON. The summed E-state index contributed by atoms with van der Waals surface area (Å²) in [7, 11) is 0. The summed E-state index contributed by atoms with van der Waals surface area (Å²) in [4.78, 5) is 4.59. The summed E-state index contributed by atoms with van der Waals surface area (Å²) < 4.78 is 0. The highest BCUT2D eigenvalue weighted by atomic mass is 16.6. The Hall–Kier alpha value is -0.0800. The first-order valence-electron chi connectivity index (χ1n) is 3.86. The molecule has 2 nitrogen and oxygen atoms in total. The lowest BCUT2D eigenvalue weighted by Gasteiger charge is -2.29. The highest BCUT2D eigenvalue weighted by molar-refractivity contribution is 4.72. The molecule has 62 valence electrons. The van der Waals surface area contributed by atoms with E-state index in [0.29, 0.717) is 17.9 Å². The first-order chi connectivity index (χ1) is 4.54. The Morgan fingerprint density at radius 2 is 2.00 bits per heavy atom. The molecule has 0 aliphatic carbocycles. The van der Waals surface area contributed by atoms with Gasteiger partial charge in [-0.3, -0.25) is 0 Å². The van der Waals surface area contributed by atoms with Crippen molar-refractivity contribution in [2.24, 2.45) is 17.2 Å². The number of nitrogens with two attached hydrogens (primary N) is 1. The van der Waals surface area contributed by atoms with E-state index in [1.165, 1.54) is 0 Å². The predicted octanol–water partition coefficient (Wildman–Crippen LogP) is 1.95. The number of hydrogen-bond donors (Lipinski definition) is 1. The van der Waals surface area contributed by atoms with Gasteiger partial charge in [-0.05, 0) is 11.3 Å². The highest BCUT2D eigenvalue weighted by Gasteiger charge is 2.23. The standard InChI is InChI=1S/C8H19NO/c1-5-8(3,4)7(2)6-10-9/h7H,5-6,9H2,1-4H3. The monoisotopic (exact) mass is 145 g/mol. The van der Waals surface area contributed by atoms with Crippen LogP contribution in [0.3, 0.4) is 0 Å². The van der Waals surface area contributed by atoms with Crippen LogP contribution in [-0.4, -0.2) is 6.61 Å². The van der Waals surface area contributed by atoms with Crippen molar-refractivity contribution in [1.82, 2.24) is 0 Å². The van der Waals surface area contributed by atoms with Gasteiger partial charge in [-0.25, -0.2) is 5.90 Å². The summed E-state index contributed by atoms with van der Waals surface area (Å²) in [6.07, 6.45) is 1.16. The molecular formula is C8H19NO. The normalized spacial score (nSPS) is 15.3. The van der Waals surface area contributed by atoms with E-state index >= 15 is 0 Å². The van der Waals surface area contributed by atoms with Gasteiger partial charge in [0.1, 0.15) is 0 Å². The Labute approximate surface area is 63.7 Å². The van der Waals surface area contributed by atoms with Gasteiger partial charge in [-0.15, -0.1) is 0 Å². The molecule has 0 radical (unpaired) electrons. The predicted molar refractivity (Wildman–Crippen MR) is 43.4 cm³/mol. The lowest BCUT2D eigenvalue weighted by Crippen LogP contribution is -2.26. The molecule has 0 amide bonds. The third-order valence-corrected chi connectivity index (χ3v) is 2.59. The Morgan fingerprint density at radius 3 is 2.30 bits per heavy atom. The Balaban J connectivity index is 3.78. The van der Waals surface area contributed by atoms with E-state index in [-0.39, 0.29) is 0 Å². The fourth-order valence-corrected chi connectivity index (χ4v) is 0.718. The van der Waals surface area contributed by atoms with Crippen molar-refractivity contribution in [2.75, 3.05) is 6.61 Å². The molecule has 10 heavy (non-hydrogen) atoms. The van der Waals surface area contributed by atoms with E-state index in [2.05, 4.69) is 32.5 Å². The third kappa shape index (κ3) is 2.67. The van der Waals surface area contributed by atoms with Gasteiger partial charge < -0.3 is 4.84 Å². The number of rotatable bonds is 4. The van der Waals surface area contributed by atoms with Gasteiger partial charge in [0, 0.05) is 0 Å². The van der Waals surface area contributed by atoms with Gasteiger partial charge in [0.05, 0.1) is 6.61 Å². The quantitative estimate of drug-likeness (QED) is 0.614. The fourth-order valence-electron chi connectivity index (χ4n) is 0.718. The lowest BCUT2D eigenvalue weighted by molar-refractivity contribution is 0.0557. The Morgan fingerprint density at radius 1 is 1.50 bits per heavy atom. The van der Waals surface area contributed by atoms with Crippen molar-refractivity contribution in [1.29, 1.82) is 0 Å². The molecule has 0 aliphatic heterocycles. The fraction of sp³-hybridized carbons (Fsp3) is 1.00. The van der Waals surface area contributed by atoms with Crippen LogP contribution < -0.4 is 5.90 Å². The summed E-state index contributed by atoms with van der Waals surface area (Å²) >= 11 is 0. The molecule has 0 aliphatic rings. The molecule has 0 bridgehead atoms. The van der Waals surface area contributed by atoms with Gasteiger partial charge in [-0.1, -0.05) is 34.1 Å². The zero-order valence-electron chi connectivity index (χ0n) is 7.48. The summed E-state index contributed by atoms with van der Waals surface area (Å²) in [6.45, 7) is 9.47. The minimum Gasteiger partial charge on any atom is -0.304 e. The molecule has 0 rings (SSSR count). The summed E-state index contributed by atoms with van der Waals surface area (Å²) in [5.74, 6) is 5.51. The molecule has 0 aromatic rings. The Kier molecular flexibility index (Phi) is 3.91. The van der Waals surface area contributed by atoms with E-state index < -0.39 is 0 Å². The van der Waals surface area contributed by atoms with Gasteiger partial charge >= 0.3 is 0 Å². The minimum atomic E-state index is 0.347. The minimum absolute atomic E-state index is 0.347. The summed E-state index contributed by atoms with van der Waals surface area (Å²) in [5, 5.41) is 0. The van der Waals surface area contributed by atoms with Crippen LogP contribution in [0.1, 0.15) is 34.1 Å². The maximum atomic E-state index is 4.98. The van der Waals surface area contributed by atoms with Crippen LogP contribution in [0.5, 0.6) is 0 Å². The largest absolute Gasteiger partial charge is 0.304 e. The van der Waals surface area contributed by atoms with E-state index in [9.17, 15) is 0 Å². The maximum absolute atomic E-state index is 4.98. The average molecular weight is 145 g/mol. The highest BCUT2D eigenvalue weighted by Crippen LogP contribution is 2.29.